The molecule has 0 aliphatic heterocycles. The number of likely N-dealkylation sites (N-methyl/N-ethyl adjacent to an activating group) is 1. The lowest BCUT2D eigenvalue weighted by atomic mass is 10.2. The van der Waals surface area contributed by atoms with Gasteiger partial charge in [0.2, 0.25) is 5.95 Å². The molecule has 2 aromatic heterocycles. The third-order valence-corrected chi connectivity index (χ3v) is 3.12. The molecule has 0 amide bonds. The summed E-state index contributed by atoms with van der Waals surface area (Å²) in [5.41, 5.74) is 3.20. The molecule has 0 bridgehead atoms. The van der Waals surface area contributed by atoms with Crippen molar-refractivity contribution >= 4 is 22.8 Å². The highest BCUT2D eigenvalue weighted by atomic mass is 15.3. The molecule has 4 N–H and O–H groups in total. The molecule has 0 unspecified atom stereocenters. The summed E-state index contributed by atoms with van der Waals surface area (Å²) in [5, 5.41) is 7.85. The van der Waals surface area contributed by atoms with Gasteiger partial charge >= 0.3 is 0 Å². The van der Waals surface area contributed by atoms with Crippen molar-refractivity contribution in [1.29, 1.82) is 0 Å². The number of hydrogen-bond acceptors (Lipinski definition) is 7. The first-order chi connectivity index (χ1) is 10.0. The van der Waals surface area contributed by atoms with Gasteiger partial charge in [0, 0.05) is 19.6 Å². The molecular weight excluding hydrogens is 268 g/mol. The van der Waals surface area contributed by atoms with Gasteiger partial charge in [0.05, 0.1) is 11.6 Å². The number of aromatic nitrogens is 4. The SMILES string of the molecule is CC(C)CN(CCN(C)C)c1nc(NN)nc2[nH]ncc12. The van der Waals surface area contributed by atoms with Crippen LogP contribution in [0.15, 0.2) is 6.20 Å². The number of rotatable bonds is 7. The summed E-state index contributed by atoms with van der Waals surface area (Å²) < 4.78 is 0. The normalized spacial score (nSPS) is 11.6. The van der Waals surface area contributed by atoms with Crippen LogP contribution in [-0.4, -0.2) is 58.8 Å². The number of nitrogens with two attached hydrogens (primary N) is 1. The molecule has 116 valence electrons. The lowest BCUT2D eigenvalue weighted by Crippen LogP contribution is -2.35. The van der Waals surface area contributed by atoms with Crippen LogP contribution in [0.1, 0.15) is 13.8 Å². The molecule has 2 heterocycles. The summed E-state index contributed by atoms with van der Waals surface area (Å²) in [6.07, 6.45) is 1.76. The molecule has 2 rings (SSSR count). The maximum absolute atomic E-state index is 5.47. The minimum atomic E-state index is 0.389. The molecular formula is C13H24N8. The number of H-pyrrole nitrogens is 1. The third-order valence-electron chi connectivity index (χ3n) is 3.12. The van der Waals surface area contributed by atoms with Crippen LogP contribution in [0.3, 0.4) is 0 Å². The van der Waals surface area contributed by atoms with Crippen LogP contribution < -0.4 is 16.2 Å². The van der Waals surface area contributed by atoms with E-state index in [1.807, 2.05) is 0 Å². The monoisotopic (exact) mass is 292 g/mol. The van der Waals surface area contributed by atoms with E-state index in [1.165, 1.54) is 0 Å². The molecule has 0 atom stereocenters. The van der Waals surface area contributed by atoms with Crippen LogP contribution in [-0.2, 0) is 0 Å². The summed E-state index contributed by atoms with van der Waals surface area (Å²) >= 11 is 0. The number of nitrogens with zero attached hydrogens (tertiary/aromatic N) is 5. The van der Waals surface area contributed by atoms with E-state index in [1.54, 1.807) is 6.20 Å². The van der Waals surface area contributed by atoms with Crippen molar-refractivity contribution in [3.63, 3.8) is 0 Å². The molecule has 8 heteroatoms. The highest BCUT2D eigenvalue weighted by Gasteiger charge is 2.17. The van der Waals surface area contributed by atoms with Gasteiger partial charge in [-0.05, 0) is 20.0 Å². The van der Waals surface area contributed by atoms with Gasteiger partial charge in [0.1, 0.15) is 5.82 Å². The van der Waals surface area contributed by atoms with Crippen molar-refractivity contribution in [1.82, 2.24) is 25.1 Å². The molecule has 0 spiro atoms. The molecule has 0 aromatic carbocycles. The van der Waals surface area contributed by atoms with Gasteiger partial charge in [0.15, 0.2) is 5.65 Å². The summed E-state index contributed by atoms with van der Waals surface area (Å²) in [6.45, 7) is 7.13. The van der Waals surface area contributed by atoms with Crippen LogP contribution in [0.4, 0.5) is 11.8 Å². The molecule has 0 saturated carbocycles. The number of anilines is 2. The minimum Gasteiger partial charge on any atom is -0.354 e. The summed E-state index contributed by atoms with van der Waals surface area (Å²) in [5.74, 6) is 7.24. The first-order valence-electron chi connectivity index (χ1n) is 7.08. The summed E-state index contributed by atoms with van der Waals surface area (Å²) in [4.78, 5) is 13.2. The number of hydrazine groups is 1. The van der Waals surface area contributed by atoms with Gasteiger partial charge in [-0.3, -0.25) is 10.5 Å². The summed E-state index contributed by atoms with van der Waals surface area (Å²) in [6, 6.07) is 0. The van der Waals surface area contributed by atoms with Gasteiger partial charge in [-0.2, -0.15) is 15.1 Å². The largest absolute Gasteiger partial charge is 0.354 e. The fraction of sp³-hybridized carbons (Fsp3) is 0.615. The Balaban J connectivity index is 2.39. The van der Waals surface area contributed by atoms with E-state index in [9.17, 15) is 0 Å². The third kappa shape index (κ3) is 3.79. The zero-order chi connectivity index (χ0) is 15.4. The Morgan fingerprint density at radius 3 is 2.67 bits per heavy atom. The van der Waals surface area contributed by atoms with E-state index in [0.717, 1.165) is 30.8 Å². The molecule has 0 radical (unpaired) electrons. The maximum atomic E-state index is 5.47. The molecule has 2 aromatic rings. The zero-order valence-corrected chi connectivity index (χ0v) is 13.1. The molecule has 21 heavy (non-hydrogen) atoms. The first-order valence-corrected chi connectivity index (χ1v) is 7.08. The fourth-order valence-corrected chi connectivity index (χ4v) is 2.17. The lowest BCUT2D eigenvalue weighted by Gasteiger charge is -2.27. The van der Waals surface area contributed by atoms with E-state index < -0.39 is 0 Å². The lowest BCUT2D eigenvalue weighted by molar-refractivity contribution is 0.408. The highest BCUT2D eigenvalue weighted by molar-refractivity contribution is 5.87. The van der Waals surface area contributed by atoms with Gasteiger partial charge in [-0.1, -0.05) is 13.8 Å². The predicted molar refractivity (Wildman–Crippen MR) is 85.1 cm³/mol. The quantitative estimate of drug-likeness (QED) is 0.509. The average molecular weight is 292 g/mol. The van der Waals surface area contributed by atoms with Gasteiger partial charge < -0.3 is 9.80 Å². The molecule has 0 aliphatic rings. The highest BCUT2D eigenvalue weighted by Crippen LogP contribution is 2.24. The Morgan fingerprint density at radius 1 is 1.29 bits per heavy atom. The van der Waals surface area contributed by atoms with Gasteiger partial charge in [0.25, 0.3) is 0 Å². The zero-order valence-electron chi connectivity index (χ0n) is 13.1. The van der Waals surface area contributed by atoms with Crippen molar-refractivity contribution in [3.8, 4) is 0 Å². The minimum absolute atomic E-state index is 0.389. The van der Waals surface area contributed by atoms with Crippen molar-refractivity contribution in [2.24, 2.45) is 11.8 Å². The molecule has 0 aliphatic carbocycles. The fourth-order valence-electron chi connectivity index (χ4n) is 2.17. The van der Waals surface area contributed by atoms with Crippen molar-refractivity contribution in [3.05, 3.63) is 6.20 Å². The maximum Gasteiger partial charge on any atom is 0.241 e. The van der Waals surface area contributed by atoms with Crippen LogP contribution >= 0.6 is 0 Å². The van der Waals surface area contributed by atoms with Gasteiger partial charge in [-0.15, -0.1) is 0 Å². The molecule has 0 fully saturated rings. The van der Waals surface area contributed by atoms with E-state index in [4.69, 9.17) is 5.84 Å². The average Bonchev–Trinajstić information content (AvgIpc) is 2.90. The number of nitrogens with one attached hydrogen (secondary N) is 2. The second-order valence-corrected chi connectivity index (χ2v) is 5.79. The smallest absolute Gasteiger partial charge is 0.241 e. The molecule has 8 nitrogen and oxygen atoms in total. The standard InChI is InChI=1S/C13H24N8/c1-9(2)8-21(6-5-20(3)4)12-10-7-15-19-11(10)16-13(17-12)18-14/h7,9H,5-6,8,14H2,1-4H3,(H2,15,16,17,18,19). The van der Waals surface area contributed by atoms with E-state index in [2.05, 4.69) is 63.3 Å². The van der Waals surface area contributed by atoms with Crippen LogP contribution in [0.2, 0.25) is 0 Å². The number of aromatic amines is 1. The second-order valence-electron chi connectivity index (χ2n) is 5.79. The predicted octanol–water partition coefficient (Wildman–Crippen LogP) is 0.663. The second kappa shape index (κ2) is 6.68. The van der Waals surface area contributed by atoms with Crippen molar-refractivity contribution in [2.75, 3.05) is 44.1 Å². The Kier molecular flexibility index (Phi) is 4.92. The van der Waals surface area contributed by atoms with Crippen molar-refractivity contribution in [2.45, 2.75) is 13.8 Å². The Bertz CT molecular complexity index is 577. The first kappa shape index (κ1) is 15.5. The molecule has 0 saturated heterocycles. The Morgan fingerprint density at radius 2 is 2.05 bits per heavy atom. The van der Waals surface area contributed by atoms with Gasteiger partial charge in [-0.25, -0.2) is 5.84 Å². The van der Waals surface area contributed by atoms with Crippen molar-refractivity contribution < 1.29 is 0 Å². The topological polar surface area (TPSA) is 99.0 Å². The number of hydrogen-bond donors (Lipinski definition) is 3. The van der Waals surface area contributed by atoms with Crippen LogP contribution in [0.5, 0.6) is 0 Å². The van der Waals surface area contributed by atoms with Crippen LogP contribution in [0.25, 0.3) is 11.0 Å². The number of fused-ring (bicyclic) bond motifs is 1. The number of nitrogen functional groups attached to an aromatic ring is 1. The van der Waals surface area contributed by atoms with Crippen LogP contribution in [0, 0.1) is 5.92 Å². The van der Waals surface area contributed by atoms with E-state index in [0.29, 0.717) is 17.5 Å². The summed E-state index contributed by atoms with van der Waals surface area (Å²) in [7, 11) is 4.13. The Hall–Kier alpha value is -1.93. The van der Waals surface area contributed by atoms with E-state index in [-0.39, 0.29) is 0 Å². The van der Waals surface area contributed by atoms with E-state index >= 15 is 0 Å². The Labute approximate surface area is 124 Å².